The fraction of sp³-hybridized carbons (Fsp3) is 0.750. The van der Waals surface area contributed by atoms with Gasteiger partial charge in [-0.3, -0.25) is 4.79 Å². The van der Waals surface area contributed by atoms with Crippen molar-refractivity contribution in [1.82, 2.24) is 25.1 Å². The number of rotatable bonds is 7. The fourth-order valence-corrected chi connectivity index (χ4v) is 3.97. The lowest BCUT2D eigenvalue weighted by Crippen LogP contribution is -2.32. The predicted octanol–water partition coefficient (Wildman–Crippen LogP) is 2.25. The second-order valence-electron chi connectivity index (χ2n) is 6.15. The standard InChI is InChI=1S/C16H25N5O2S/c1-2-20(13-7-4-3-5-8-13)15(22)12-24-16-17-18-19-21(16)11-14-9-6-10-23-14/h7,14H,2-6,8-12H2,1H3. The van der Waals surface area contributed by atoms with E-state index in [4.69, 9.17) is 4.74 Å². The Bertz CT molecular complexity index is 583. The summed E-state index contributed by atoms with van der Waals surface area (Å²) in [5, 5.41) is 12.5. The van der Waals surface area contributed by atoms with Gasteiger partial charge in [0.15, 0.2) is 0 Å². The van der Waals surface area contributed by atoms with Crippen LogP contribution in [0.5, 0.6) is 0 Å². The van der Waals surface area contributed by atoms with Gasteiger partial charge in [-0.25, -0.2) is 4.68 Å². The van der Waals surface area contributed by atoms with Gasteiger partial charge < -0.3 is 9.64 Å². The maximum Gasteiger partial charge on any atom is 0.237 e. The minimum absolute atomic E-state index is 0.127. The van der Waals surface area contributed by atoms with E-state index in [0.29, 0.717) is 24.0 Å². The lowest BCUT2D eigenvalue weighted by molar-refractivity contribution is -0.126. The molecule has 1 fully saturated rings. The number of carbonyl (C=O) groups is 1. The van der Waals surface area contributed by atoms with Gasteiger partial charge in [-0.05, 0) is 55.9 Å². The number of amides is 1. The van der Waals surface area contributed by atoms with Crippen LogP contribution in [0.2, 0.25) is 0 Å². The van der Waals surface area contributed by atoms with Crippen LogP contribution < -0.4 is 0 Å². The summed E-state index contributed by atoms with van der Waals surface area (Å²) >= 11 is 1.41. The number of carbonyl (C=O) groups excluding carboxylic acids is 1. The Morgan fingerprint density at radius 3 is 3.08 bits per heavy atom. The van der Waals surface area contributed by atoms with Gasteiger partial charge in [0.25, 0.3) is 0 Å². The highest BCUT2D eigenvalue weighted by Gasteiger charge is 2.21. The first-order valence-corrected chi connectivity index (χ1v) is 9.76. The molecule has 2 aliphatic rings. The first-order valence-electron chi connectivity index (χ1n) is 8.78. The minimum atomic E-state index is 0.127. The third-order valence-corrected chi connectivity index (χ3v) is 5.40. The van der Waals surface area contributed by atoms with E-state index in [1.54, 1.807) is 4.68 Å². The maximum atomic E-state index is 12.6. The number of hydrogen-bond acceptors (Lipinski definition) is 6. The summed E-state index contributed by atoms with van der Waals surface area (Å²) in [6, 6.07) is 0. The van der Waals surface area contributed by atoms with E-state index in [1.807, 2.05) is 11.8 Å². The van der Waals surface area contributed by atoms with Crippen LogP contribution in [-0.4, -0.2) is 56.0 Å². The van der Waals surface area contributed by atoms with E-state index in [0.717, 1.165) is 32.3 Å². The van der Waals surface area contributed by atoms with Crippen molar-refractivity contribution in [1.29, 1.82) is 0 Å². The number of allylic oxidation sites excluding steroid dienone is 2. The number of ether oxygens (including phenoxy) is 1. The molecule has 0 N–H and O–H groups in total. The lowest BCUT2D eigenvalue weighted by atomic mass is 10.0. The van der Waals surface area contributed by atoms with Crippen molar-refractivity contribution >= 4 is 17.7 Å². The SMILES string of the molecule is CCN(C(=O)CSc1nnnn1CC1CCCO1)C1=CCCCC1. The van der Waals surface area contributed by atoms with Crippen LogP contribution in [0.3, 0.4) is 0 Å². The van der Waals surface area contributed by atoms with Crippen molar-refractivity contribution in [2.75, 3.05) is 18.9 Å². The molecule has 1 atom stereocenters. The third kappa shape index (κ3) is 4.36. The van der Waals surface area contributed by atoms with E-state index in [1.165, 1.54) is 30.3 Å². The first kappa shape index (κ1) is 17.4. The van der Waals surface area contributed by atoms with Crippen LogP contribution in [-0.2, 0) is 16.1 Å². The smallest absolute Gasteiger partial charge is 0.237 e. The first-order chi connectivity index (χ1) is 11.8. The zero-order valence-electron chi connectivity index (χ0n) is 14.2. The van der Waals surface area contributed by atoms with Crippen molar-refractivity contribution in [3.8, 4) is 0 Å². The summed E-state index contributed by atoms with van der Waals surface area (Å²) in [6.07, 6.45) is 8.99. The van der Waals surface area contributed by atoms with E-state index >= 15 is 0 Å². The highest BCUT2D eigenvalue weighted by molar-refractivity contribution is 7.99. The highest BCUT2D eigenvalue weighted by Crippen LogP contribution is 2.23. The van der Waals surface area contributed by atoms with Gasteiger partial charge in [-0.15, -0.1) is 5.10 Å². The molecule has 1 amide bonds. The molecular formula is C16H25N5O2S. The molecule has 0 saturated carbocycles. The van der Waals surface area contributed by atoms with Crippen molar-refractivity contribution in [2.24, 2.45) is 0 Å². The van der Waals surface area contributed by atoms with Crippen molar-refractivity contribution in [2.45, 2.75) is 63.3 Å². The Hall–Kier alpha value is -1.41. The molecule has 0 bridgehead atoms. The van der Waals surface area contributed by atoms with Crippen molar-refractivity contribution in [3.63, 3.8) is 0 Å². The highest BCUT2D eigenvalue weighted by atomic mass is 32.2. The molecule has 8 heteroatoms. The van der Waals surface area contributed by atoms with Crippen LogP contribution in [0.25, 0.3) is 0 Å². The van der Waals surface area contributed by atoms with Gasteiger partial charge in [0, 0.05) is 18.8 Å². The van der Waals surface area contributed by atoms with Crippen LogP contribution in [0.1, 0.15) is 45.4 Å². The van der Waals surface area contributed by atoms with Gasteiger partial charge >= 0.3 is 0 Å². The quantitative estimate of drug-likeness (QED) is 0.702. The molecule has 1 aliphatic heterocycles. The second kappa shape index (κ2) is 8.62. The summed E-state index contributed by atoms with van der Waals surface area (Å²) in [4.78, 5) is 14.5. The van der Waals surface area contributed by atoms with Crippen molar-refractivity contribution in [3.05, 3.63) is 11.8 Å². The Balaban J connectivity index is 1.55. The van der Waals surface area contributed by atoms with Crippen LogP contribution in [0.15, 0.2) is 16.9 Å². The maximum absolute atomic E-state index is 12.6. The average molecular weight is 351 g/mol. The Kier molecular flexibility index (Phi) is 6.25. The molecule has 1 aliphatic carbocycles. The Morgan fingerprint density at radius 1 is 1.46 bits per heavy atom. The average Bonchev–Trinajstić information content (AvgIpc) is 3.27. The largest absolute Gasteiger partial charge is 0.376 e. The molecule has 0 radical (unpaired) electrons. The topological polar surface area (TPSA) is 73.1 Å². The summed E-state index contributed by atoms with van der Waals surface area (Å²) < 4.78 is 7.39. The molecule has 7 nitrogen and oxygen atoms in total. The molecule has 1 aromatic rings. The minimum Gasteiger partial charge on any atom is -0.376 e. The van der Waals surface area contributed by atoms with Crippen LogP contribution in [0.4, 0.5) is 0 Å². The second-order valence-corrected chi connectivity index (χ2v) is 7.09. The molecule has 1 saturated heterocycles. The van der Waals surface area contributed by atoms with Gasteiger partial charge in [0.2, 0.25) is 11.1 Å². The molecule has 0 spiro atoms. The van der Waals surface area contributed by atoms with Gasteiger partial charge in [0.1, 0.15) is 0 Å². The zero-order valence-corrected chi connectivity index (χ0v) is 15.0. The molecule has 132 valence electrons. The normalized spacial score (nSPS) is 20.9. The summed E-state index contributed by atoms with van der Waals surface area (Å²) in [5.74, 6) is 0.485. The number of thioether (sulfide) groups is 1. The molecule has 1 unspecified atom stereocenters. The van der Waals surface area contributed by atoms with E-state index in [-0.39, 0.29) is 12.0 Å². The third-order valence-electron chi connectivity index (χ3n) is 4.46. The van der Waals surface area contributed by atoms with Crippen LogP contribution >= 0.6 is 11.8 Å². The summed E-state index contributed by atoms with van der Waals surface area (Å²) in [5.41, 5.74) is 1.17. The van der Waals surface area contributed by atoms with Gasteiger partial charge in [-0.2, -0.15) is 0 Å². The van der Waals surface area contributed by atoms with Gasteiger partial charge in [0.05, 0.1) is 18.4 Å². The molecular weight excluding hydrogens is 326 g/mol. The predicted molar refractivity (Wildman–Crippen MR) is 91.5 cm³/mol. The summed E-state index contributed by atoms with van der Waals surface area (Å²) in [7, 11) is 0. The summed E-state index contributed by atoms with van der Waals surface area (Å²) in [6.45, 7) is 4.21. The number of aromatic nitrogens is 4. The van der Waals surface area contributed by atoms with Gasteiger partial charge in [-0.1, -0.05) is 17.8 Å². The number of hydrogen-bond donors (Lipinski definition) is 0. The molecule has 1 aromatic heterocycles. The lowest BCUT2D eigenvalue weighted by Gasteiger charge is -2.26. The number of tetrazole rings is 1. The van der Waals surface area contributed by atoms with E-state index in [9.17, 15) is 4.79 Å². The monoisotopic (exact) mass is 351 g/mol. The zero-order chi connectivity index (χ0) is 16.8. The molecule has 3 rings (SSSR count). The molecule has 24 heavy (non-hydrogen) atoms. The van der Waals surface area contributed by atoms with Crippen LogP contribution in [0, 0.1) is 0 Å². The Morgan fingerprint density at radius 2 is 2.38 bits per heavy atom. The molecule has 2 heterocycles. The molecule has 0 aromatic carbocycles. The Labute approximate surface area is 146 Å². The fourth-order valence-electron chi connectivity index (χ4n) is 3.21. The number of nitrogens with zero attached hydrogens (tertiary/aromatic N) is 5. The van der Waals surface area contributed by atoms with E-state index < -0.39 is 0 Å². The van der Waals surface area contributed by atoms with Crippen molar-refractivity contribution < 1.29 is 9.53 Å². The van der Waals surface area contributed by atoms with E-state index in [2.05, 4.69) is 21.6 Å².